The second-order valence-electron chi connectivity index (χ2n) is 6.21. The minimum Gasteiger partial charge on any atom is -0.342 e. The number of hydrogen-bond donors (Lipinski definition) is 0. The number of carbonyl (C=O) groups excluding carboxylic acids is 1. The summed E-state index contributed by atoms with van der Waals surface area (Å²) in [6, 6.07) is 0. The predicted octanol–water partition coefficient (Wildman–Crippen LogP) is 4.02. The largest absolute Gasteiger partial charge is 0.342 e. The number of halogens is 2. The molecule has 0 heterocycles. The van der Waals surface area contributed by atoms with E-state index in [0.717, 1.165) is 19.5 Å². The minimum atomic E-state index is -0.281. The van der Waals surface area contributed by atoms with E-state index >= 15 is 0 Å². The summed E-state index contributed by atoms with van der Waals surface area (Å²) in [5.41, 5.74) is -0.281. The van der Waals surface area contributed by atoms with Gasteiger partial charge < -0.3 is 4.90 Å². The van der Waals surface area contributed by atoms with E-state index in [4.69, 9.17) is 0 Å². The summed E-state index contributed by atoms with van der Waals surface area (Å²) >= 11 is 7.16. The fourth-order valence-electron chi connectivity index (χ4n) is 2.10. The van der Waals surface area contributed by atoms with Crippen LogP contribution in [0.4, 0.5) is 0 Å². The zero-order valence-corrected chi connectivity index (χ0v) is 14.6. The molecule has 0 aromatic carbocycles. The van der Waals surface area contributed by atoms with E-state index in [-0.39, 0.29) is 14.6 Å². The highest BCUT2D eigenvalue weighted by molar-refractivity contribution is 9.25. The van der Waals surface area contributed by atoms with E-state index in [1.807, 2.05) is 11.8 Å². The lowest BCUT2D eigenvalue weighted by atomic mass is 10.1. The van der Waals surface area contributed by atoms with Crippen molar-refractivity contribution in [1.82, 2.24) is 4.90 Å². The van der Waals surface area contributed by atoms with E-state index in [1.54, 1.807) is 0 Å². The van der Waals surface area contributed by atoms with Crippen molar-refractivity contribution in [3.05, 3.63) is 0 Å². The van der Waals surface area contributed by atoms with Gasteiger partial charge in [0, 0.05) is 13.1 Å². The van der Waals surface area contributed by atoms with Gasteiger partial charge in [0.15, 0.2) is 0 Å². The van der Waals surface area contributed by atoms with Gasteiger partial charge in [-0.05, 0) is 25.2 Å². The lowest BCUT2D eigenvalue weighted by Gasteiger charge is -2.29. The molecule has 1 rings (SSSR count). The van der Waals surface area contributed by atoms with Crippen LogP contribution in [-0.4, -0.2) is 27.1 Å². The topological polar surface area (TPSA) is 20.3 Å². The van der Waals surface area contributed by atoms with E-state index in [9.17, 15) is 4.79 Å². The molecular formula is C13H23Br2NO. The molecule has 0 aliphatic heterocycles. The van der Waals surface area contributed by atoms with Crippen molar-refractivity contribution in [1.29, 1.82) is 0 Å². The molecule has 0 N–H and O–H groups in total. The Morgan fingerprint density at radius 1 is 1.18 bits per heavy atom. The van der Waals surface area contributed by atoms with Crippen molar-refractivity contribution in [2.45, 2.75) is 44.3 Å². The molecule has 0 bridgehead atoms. The molecule has 0 saturated heterocycles. The predicted molar refractivity (Wildman–Crippen MR) is 79.6 cm³/mol. The van der Waals surface area contributed by atoms with Gasteiger partial charge in [0.25, 0.3) is 0 Å². The van der Waals surface area contributed by atoms with Crippen molar-refractivity contribution in [2.75, 3.05) is 13.1 Å². The molecule has 2 nitrogen and oxygen atoms in total. The number of amides is 1. The quantitative estimate of drug-likeness (QED) is 0.671. The Hall–Kier alpha value is 0.430. The molecule has 1 amide bonds. The second kappa shape index (κ2) is 5.20. The molecule has 0 aromatic heterocycles. The van der Waals surface area contributed by atoms with Crippen LogP contribution in [0.3, 0.4) is 0 Å². The summed E-state index contributed by atoms with van der Waals surface area (Å²) in [4.78, 5) is 14.6. The van der Waals surface area contributed by atoms with E-state index in [1.165, 1.54) is 0 Å². The molecule has 0 aromatic rings. The molecule has 4 heteroatoms. The lowest BCUT2D eigenvalue weighted by molar-refractivity contribution is -0.137. The van der Waals surface area contributed by atoms with Gasteiger partial charge in [-0.3, -0.25) is 4.79 Å². The standard InChI is InChI=1S/C13H23Br2NO/c1-9(2)6-16(7-10(3)4)11(17)12(5)8-13(12,14)15/h9-10H,6-8H2,1-5H3/t12-/m1/s1. The molecular weight excluding hydrogens is 346 g/mol. The van der Waals surface area contributed by atoms with Gasteiger partial charge in [0.05, 0.1) is 8.65 Å². The summed E-state index contributed by atoms with van der Waals surface area (Å²) in [5, 5.41) is 0. The Kier molecular flexibility index (Phi) is 4.74. The Bertz CT molecular complexity index is 292. The number of nitrogens with zero attached hydrogens (tertiary/aromatic N) is 1. The minimum absolute atomic E-state index is 0.184. The average Bonchev–Trinajstić information content (AvgIpc) is 2.63. The third-order valence-electron chi connectivity index (χ3n) is 3.19. The maximum atomic E-state index is 12.6. The van der Waals surface area contributed by atoms with Crippen LogP contribution in [-0.2, 0) is 4.79 Å². The first kappa shape index (κ1) is 15.5. The zero-order valence-electron chi connectivity index (χ0n) is 11.4. The molecule has 17 heavy (non-hydrogen) atoms. The normalized spacial score (nSPS) is 26.4. The van der Waals surface area contributed by atoms with Crippen LogP contribution < -0.4 is 0 Å². The molecule has 0 spiro atoms. The molecule has 1 saturated carbocycles. The highest BCUT2D eigenvalue weighted by atomic mass is 79.9. The molecule has 1 fully saturated rings. The van der Waals surface area contributed by atoms with Gasteiger partial charge in [0.2, 0.25) is 5.91 Å². The van der Waals surface area contributed by atoms with Gasteiger partial charge in [0.1, 0.15) is 0 Å². The summed E-state index contributed by atoms with van der Waals surface area (Å²) < 4.78 is -0.184. The first-order valence-corrected chi connectivity index (χ1v) is 7.86. The Morgan fingerprint density at radius 3 is 1.76 bits per heavy atom. The maximum Gasteiger partial charge on any atom is 0.230 e. The lowest BCUT2D eigenvalue weighted by Crippen LogP contribution is -2.42. The summed E-state index contributed by atoms with van der Waals surface area (Å²) in [7, 11) is 0. The third kappa shape index (κ3) is 3.46. The van der Waals surface area contributed by atoms with Crippen LogP contribution in [0, 0.1) is 17.3 Å². The second-order valence-corrected chi connectivity index (χ2v) is 9.98. The number of alkyl halides is 2. The summed E-state index contributed by atoms with van der Waals surface area (Å²) in [5.74, 6) is 1.30. The Morgan fingerprint density at radius 2 is 1.53 bits per heavy atom. The van der Waals surface area contributed by atoms with Crippen LogP contribution in [0.1, 0.15) is 41.0 Å². The van der Waals surface area contributed by atoms with Gasteiger partial charge in [-0.2, -0.15) is 0 Å². The van der Waals surface area contributed by atoms with Gasteiger partial charge in [-0.25, -0.2) is 0 Å². The van der Waals surface area contributed by atoms with E-state index in [0.29, 0.717) is 11.8 Å². The SMILES string of the molecule is CC(C)CN(CC(C)C)C(=O)[C@@]1(C)CC1(Br)Br. The molecule has 0 radical (unpaired) electrons. The fourth-order valence-corrected chi connectivity index (χ4v) is 3.56. The number of hydrogen-bond acceptors (Lipinski definition) is 1. The van der Waals surface area contributed by atoms with Crippen molar-refractivity contribution >= 4 is 37.8 Å². The molecule has 100 valence electrons. The number of carbonyl (C=O) groups is 1. The molecule has 1 aliphatic carbocycles. The summed E-state index contributed by atoms with van der Waals surface area (Å²) in [6.45, 7) is 12.4. The Balaban J connectivity index is 2.74. The van der Waals surface area contributed by atoms with Crippen LogP contribution >= 0.6 is 31.9 Å². The van der Waals surface area contributed by atoms with Crippen molar-refractivity contribution in [3.63, 3.8) is 0 Å². The zero-order chi connectivity index (χ0) is 13.4. The van der Waals surface area contributed by atoms with Crippen LogP contribution in [0.25, 0.3) is 0 Å². The molecule has 1 atom stereocenters. The first-order valence-electron chi connectivity index (χ1n) is 6.27. The van der Waals surface area contributed by atoms with Gasteiger partial charge in [-0.15, -0.1) is 0 Å². The first-order chi connectivity index (χ1) is 7.60. The monoisotopic (exact) mass is 367 g/mol. The Labute approximate surface area is 122 Å². The highest BCUT2D eigenvalue weighted by Crippen LogP contribution is 2.67. The smallest absolute Gasteiger partial charge is 0.230 e. The van der Waals surface area contributed by atoms with E-state index < -0.39 is 0 Å². The van der Waals surface area contributed by atoms with Crippen LogP contribution in [0.5, 0.6) is 0 Å². The average molecular weight is 369 g/mol. The number of rotatable bonds is 5. The van der Waals surface area contributed by atoms with E-state index in [2.05, 4.69) is 59.6 Å². The fraction of sp³-hybridized carbons (Fsp3) is 0.923. The van der Waals surface area contributed by atoms with Crippen LogP contribution in [0.2, 0.25) is 0 Å². The maximum absolute atomic E-state index is 12.6. The van der Waals surface area contributed by atoms with Crippen LogP contribution in [0.15, 0.2) is 0 Å². The van der Waals surface area contributed by atoms with Crippen molar-refractivity contribution in [3.8, 4) is 0 Å². The molecule has 0 unspecified atom stereocenters. The van der Waals surface area contributed by atoms with Crippen molar-refractivity contribution in [2.24, 2.45) is 17.3 Å². The third-order valence-corrected chi connectivity index (χ3v) is 5.50. The summed E-state index contributed by atoms with van der Waals surface area (Å²) in [6.07, 6.45) is 0.867. The van der Waals surface area contributed by atoms with Gasteiger partial charge in [-0.1, -0.05) is 59.6 Å². The highest BCUT2D eigenvalue weighted by Gasteiger charge is 2.67. The van der Waals surface area contributed by atoms with Gasteiger partial charge >= 0.3 is 0 Å². The molecule has 1 aliphatic rings. The van der Waals surface area contributed by atoms with Crippen molar-refractivity contribution < 1.29 is 4.79 Å².